The Bertz CT molecular complexity index is 604. The molecule has 0 spiro atoms. The summed E-state index contributed by atoms with van der Waals surface area (Å²) in [6, 6.07) is 4.49. The van der Waals surface area contributed by atoms with Gasteiger partial charge in [0.05, 0.1) is 6.07 Å². The summed E-state index contributed by atoms with van der Waals surface area (Å²) in [6.45, 7) is 1.60. The lowest BCUT2D eigenvalue weighted by Gasteiger charge is -2.15. The fourth-order valence-electron chi connectivity index (χ4n) is 1.64. The van der Waals surface area contributed by atoms with Gasteiger partial charge in [0.25, 0.3) is 0 Å². The number of hydrogen-bond acceptors (Lipinski definition) is 5. The van der Waals surface area contributed by atoms with Gasteiger partial charge < -0.3 is 19.7 Å². The van der Waals surface area contributed by atoms with E-state index in [1.54, 1.807) is 6.92 Å². The van der Waals surface area contributed by atoms with E-state index in [1.165, 1.54) is 12.1 Å². The molecule has 0 atom stereocenters. The molecule has 1 heterocycles. The van der Waals surface area contributed by atoms with Crippen LogP contribution in [0.2, 0.25) is 0 Å². The molecule has 0 aliphatic heterocycles. The number of phenolic OH excluding ortho intramolecular Hbond substituents is 1. The fraction of sp³-hybridized carbons (Fsp3) is 0.0833. The van der Waals surface area contributed by atoms with Crippen molar-refractivity contribution in [3.8, 4) is 28.6 Å². The second-order valence-electron chi connectivity index (χ2n) is 3.63. The largest absolute Gasteiger partial charge is 0.872 e. The molecule has 2 aromatic rings. The summed E-state index contributed by atoms with van der Waals surface area (Å²) in [4.78, 5) is 11.1. The molecule has 0 unspecified atom stereocenters. The zero-order valence-corrected chi connectivity index (χ0v) is 8.93. The number of aromatic hydroxyl groups is 2. The molecule has 0 aliphatic carbocycles. The Morgan fingerprint density at radius 2 is 1.76 bits per heavy atom. The number of phenols is 1. The molecule has 1 aromatic carbocycles. The lowest BCUT2D eigenvalue weighted by molar-refractivity contribution is -0.267. The molecule has 0 saturated carbocycles. The average Bonchev–Trinajstić information content (AvgIpc) is 2.13. The molecule has 2 rings (SSSR count). The fourth-order valence-corrected chi connectivity index (χ4v) is 1.64. The molecule has 5 nitrogen and oxygen atoms in total. The van der Waals surface area contributed by atoms with Gasteiger partial charge in [0.1, 0.15) is 17.3 Å². The third kappa shape index (κ3) is 2.08. The Morgan fingerprint density at radius 3 is 2.35 bits per heavy atom. The maximum absolute atomic E-state index is 11.7. The van der Waals surface area contributed by atoms with Gasteiger partial charge in [-0.25, -0.2) is 4.79 Å². The van der Waals surface area contributed by atoms with E-state index in [0.29, 0.717) is 5.56 Å². The molecular weight excluding hydrogens is 224 g/mol. The molecule has 1 aromatic heterocycles. The molecule has 0 amide bonds. The summed E-state index contributed by atoms with van der Waals surface area (Å²) in [5, 5.41) is 30.2. The number of hydrogen-bond donors (Lipinski definition) is 2. The molecule has 0 saturated heterocycles. The van der Waals surface area contributed by atoms with Gasteiger partial charge in [-0.1, -0.05) is 5.75 Å². The summed E-state index contributed by atoms with van der Waals surface area (Å²) in [5.74, 6) is -0.921. The van der Waals surface area contributed by atoms with Gasteiger partial charge in [-0.05, 0) is 24.6 Å². The highest BCUT2D eigenvalue weighted by molar-refractivity contribution is 5.70. The van der Waals surface area contributed by atoms with E-state index in [0.717, 1.165) is 12.1 Å². The molecule has 0 aliphatic rings. The minimum absolute atomic E-state index is 0.0162. The summed E-state index contributed by atoms with van der Waals surface area (Å²) in [7, 11) is 0. The normalized spacial score (nSPS) is 10.4. The summed E-state index contributed by atoms with van der Waals surface area (Å²) in [5.41, 5.74) is -0.133. The smallest absolute Gasteiger partial charge is 0.339 e. The van der Waals surface area contributed by atoms with E-state index in [4.69, 9.17) is 4.42 Å². The monoisotopic (exact) mass is 233 g/mol. The maximum Gasteiger partial charge on any atom is 0.339 e. The van der Waals surface area contributed by atoms with E-state index in [-0.39, 0.29) is 22.8 Å². The standard InChI is InChI=1S/C12H10O5/c1-6-2-7(13)3-9(15)12(6)10-4-8(14)5-11(16)17-10/h2-5,13-15H,1H3/p-1. The highest BCUT2D eigenvalue weighted by Crippen LogP contribution is 2.34. The van der Waals surface area contributed by atoms with Crippen LogP contribution in [0, 0.1) is 6.92 Å². The van der Waals surface area contributed by atoms with Crippen molar-refractivity contribution in [2.75, 3.05) is 0 Å². The van der Waals surface area contributed by atoms with Crippen molar-refractivity contribution >= 4 is 0 Å². The maximum atomic E-state index is 11.7. The quantitative estimate of drug-likeness (QED) is 0.769. The Labute approximate surface area is 96.2 Å². The Hall–Kier alpha value is -2.43. The zero-order valence-electron chi connectivity index (χ0n) is 8.93. The van der Waals surface area contributed by atoms with Crippen LogP contribution in [-0.2, 0) is 0 Å². The van der Waals surface area contributed by atoms with Gasteiger partial charge in [-0.3, -0.25) is 0 Å². The van der Waals surface area contributed by atoms with Crippen molar-refractivity contribution in [2.24, 2.45) is 0 Å². The highest BCUT2D eigenvalue weighted by atomic mass is 16.4. The van der Waals surface area contributed by atoms with Crippen LogP contribution in [0.5, 0.6) is 17.2 Å². The summed E-state index contributed by atoms with van der Waals surface area (Å²) in [6.07, 6.45) is 0. The van der Waals surface area contributed by atoms with Crippen molar-refractivity contribution in [1.29, 1.82) is 0 Å². The van der Waals surface area contributed by atoms with Crippen molar-refractivity contribution in [2.45, 2.75) is 6.92 Å². The van der Waals surface area contributed by atoms with Crippen LogP contribution >= 0.6 is 0 Å². The first-order chi connectivity index (χ1) is 7.97. The van der Waals surface area contributed by atoms with Crippen LogP contribution < -0.4 is 10.7 Å². The highest BCUT2D eigenvalue weighted by Gasteiger charge is 2.09. The van der Waals surface area contributed by atoms with Gasteiger partial charge in [0, 0.05) is 11.6 Å². The van der Waals surface area contributed by atoms with E-state index < -0.39 is 11.4 Å². The lowest BCUT2D eigenvalue weighted by atomic mass is 10.0. The van der Waals surface area contributed by atoms with Crippen molar-refractivity contribution < 1.29 is 19.7 Å². The van der Waals surface area contributed by atoms with Crippen LogP contribution in [0.25, 0.3) is 11.3 Å². The van der Waals surface area contributed by atoms with Crippen LogP contribution in [-0.4, -0.2) is 10.2 Å². The van der Waals surface area contributed by atoms with E-state index in [1.807, 2.05) is 0 Å². The zero-order chi connectivity index (χ0) is 12.6. The molecule has 2 N–H and O–H groups in total. The average molecular weight is 233 g/mol. The minimum Gasteiger partial charge on any atom is -0.872 e. The van der Waals surface area contributed by atoms with Gasteiger partial charge in [0.2, 0.25) is 0 Å². The van der Waals surface area contributed by atoms with Crippen molar-refractivity contribution in [1.82, 2.24) is 0 Å². The predicted octanol–water partition coefficient (Wildman–Crippen LogP) is 1.10. The predicted molar refractivity (Wildman–Crippen MR) is 57.9 cm³/mol. The Morgan fingerprint density at radius 1 is 1.12 bits per heavy atom. The first-order valence-electron chi connectivity index (χ1n) is 4.82. The number of rotatable bonds is 1. The molecule has 0 bridgehead atoms. The summed E-state index contributed by atoms with van der Waals surface area (Å²) < 4.78 is 4.85. The SMILES string of the molecule is Cc1cc(O)cc([O-])c1-c1cc(O)cc(=O)o1. The first-order valence-corrected chi connectivity index (χ1v) is 4.82. The van der Waals surface area contributed by atoms with E-state index in [2.05, 4.69) is 0 Å². The molecule has 0 radical (unpaired) electrons. The molecule has 88 valence electrons. The van der Waals surface area contributed by atoms with Crippen LogP contribution in [0.1, 0.15) is 5.56 Å². The van der Waals surface area contributed by atoms with E-state index >= 15 is 0 Å². The molecular formula is C12H9O5-. The number of aryl methyl sites for hydroxylation is 1. The van der Waals surface area contributed by atoms with Gasteiger partial charge in [-0.15, -0.1) is 0 Å². The van der Waals surface area contributed by atoms with Gasteiger partial charge >= 0.3 is 5.63 Å². The third-order valence-corrected chi connectivity index (χ3v) is 2.29. The first kappa shape index (κ1) is 11.1. The minimum atomic E-state index is -0.744. The molecule has 0 fully saturated rings. The third-order valence-electron chi connectivity index (χ3n) is 2.29. The van der Waals surface area contributed by atoms with Crippen LogP contribution in [0.3, 0.4) is 0 Å². The topological polar surface area (TPSA) is 93.7 Å². The number of benzene rings is 1. The van der Waals surface area contributed by atoms with Crippen LogP contribution in [0.4, 0.5) is 0 Å². The van der Waals surface area contributed by atoms with E-state index in [9.17, 15) is 20.1 Å². The molecule has 5 heteroatoms. The van der Waals surface area contributed by atoms with Crippen molar-refractivity contribution in [3.05, 3.63) is 40.2 Å². The Balaban J connectivity index is 2.72. The molecule has 17 heavy (non-hydrogen) atoms. The Kier molecular flexibility index (Phi) is 2.51. The lowest BCUT2D eigenvalue weighted by Crippen LogP contribution is -2.00. The van der Waals surface area contributed by atoms with Crippen molar-refractivity contribution in [3.63, 3.8) is 0 Å². The van der Waals surface area contributed by atoms with Gasteiger partial charge in [0.15, 0.2) is 0 Å². The summed E-state index contributed by atoms with van der Waals surface area (Å²) >= 11 is 0. The van der Waals surface area contributed by atoms with Crippen LogP contribution in [0.15, 0.2) is 33.5 Å². The second kappa shape index (κ2) is 3.86. The van der Waals surface area contributed by atoms with Gasteiger partial charge in [-0.2, -0.15) is 0 Å². The second-order valence-corrected chi connectivity index (χ2v) is 3.63.